The van der Waals surface area contributed by atoms with Crippen LogP contribution in [0.4, 0.5) is 5.13 Å². The normalized spacial score (nSPS) is 13.4. The Hall–Kier alpha value is -2.79. The molecule has 2 N–H and O–H groups in total. The summed E-state index contributed by atoms with van der Waals surface area (Å²) in [7, 11) is -2.23. The molecule has 3 aromatic rings. The predicted molar refractivity (Wildman–Crippen MR) is 143 cm³/mol. The largest absolute Gasteiger partial charge is 0.488 e. The lowest BCUT2D eigenvalue weighted by atomic mass is 10.0. The van der Waals surface area contributed by atoms with Crippen LogP contribution >= 0.6 is 11.3 Å². The molecule has 1 heterocycles. The molecule has 2 atom stereocenters. The molecule has 0 fully saturated rings. The van der Waals surface area contributed by atoms with Crippen molar-refractivity contribution in [2.75, 3.05) is 19.0 Å². The quantitative estimate of drug-likeness (QED) is 0.346. The highest BCUT2D eigenvalue weighted by atomic mass is 32.2. The van der Waals surface area contributed by atoms with Gasteiger partial charge >= 0.3 is 0 Å². The van der Waals surface area contributed by atoms with Gasteiger partial charge in [0.2, 0.25) is 15.9 Å². The van der Waals surface area contributed by atoms with Crippen LogP contribution in [0.25, 0.3) is 11.3 Å². The highest BCUT2D eigenvalue weighted by Crippen LogP contribution is 2.27. The first-order valence-electron chi connectivity index (χ1n) is 11.7. The first-order chi connectivity index (χ1) is 17.1. The molecule has 0 saturated heterocycles. The predicted octanol–water partition coefficient (Wildman–Crippen LogP) is 4.86. The second-order valence-electron chi connectivity index (χ2n) is 9.05. The first kappa shape index (κ1) is 27.8. The molecule has 10 heteroatoms. The number of ether oxygens (including phenoxy) is 2. The van der Waals surface area contributed by atoms with Gasteiger partial charge in [-0.05, 0) is 62.6 Å². The zero-order valence-corrected chi connectivity index (χ0v) is 22.8. The summed E-state index contributed by atoms with van der Waals surface area (Å²) in [5, 5.41) is 5.01. The molecular formula is C26H33N3O5S2. The number of carbonyl (C=O) groups is 1. The Balaban J connectivity index is 1.69. The van der Waals surface area contributed by atoms with Crippen molar-refractivity contribution in [1.82, 2.24) is 9.71 Å². The maximum absolute atomic E-state index is 13.1. The molecule has 0 aliphatic heterocycles. The summed E-state index contributed by atoms with van der Waals surface area (Å²) in [5.74, 6) is 0.376. The second-order valence-corrected chi connectivity index (χ2v) is 11.6. The number of thiazole rings is 1. The lowest BCUT2D eigenvalue weighted by molar-refractivity contribution is -0.118. The van der Waals surface area contributed by atoms with Crippen LogP contribution in [0.15, 0.2) is 58.8 Å². The fraction of sp³-hybridized carbons (Fsp3) is 0.385. The van der Waals surface area contributed by atoms with Crippen LogP contribution in [0.2, 0.25) is 0 Å². The molecule has 2 aromatic carbocycles. The number of amides is 1. The summed E-state index contributed by atoms with van der Waals surface area (Å²) < 4.78 is 39.2. The van der Waals surface area contributed by atoms with Crippen molar-refractivity contribution in [3.63, 3.8) is 0 Å². The third kappa shape index (κ3) is 7.86. The van der Waals surface area contributed by atoms with E-state index in [9.17, 15) is 13.2 Å². The Morgan fingerprint density at radius 2 is 1.72 bits per heavy atom. The summed E-state index contributed by atoms with van der Waals surface area (Å²) in [6, 6.07) is 13.1. The fourth-order valence-electron chi connectivity index (χ4n) is 3.51. The molecule has 194 valence electrons. The van der Waals surface area contributed by atoms with Crippen LogP contribution in [-0.4, -0.2) is 45.2 Å². The molecule has 36 heavy (non-hydrogen) atoms. The maximum Gasteiger partial charge on any atom is 0.244 e. The lowest BCUT2D eigenvalue weighted by Crippen LogP contribution is -2.44. The van der Waals surface area contributed by atoms with E-state index in [1.54, 1.807) is 19.2 Å². The van der Waals surface area contributed by atoms with E-state index in [2.05, 4.69) is 15.0 Å². The Bertz CT molecular complexity index is 1240. The van der Waals surface area contributed by atoms with Gasteiger partial charge in [0, 0.05) is 18.1 Å². The van der Waals surface area contributed by atoms with Crippen molar-refractivity contribution in [3.8, 4) is 17.0 Å². The van der Waals surface area contributed by atoms with Gasteiger partial charge < -0.3 is 14.8 Å². The van der Waals surface area contributed by atoms with Gasteiger partial charge in [-0.15, -0.1) is 11.3 Å². The molecule has 2 unspecified atom stereocenters. The summed E-state index contributed by atoms with van der Waals surface area (Å²) in [4.78, 5) is 17.7. The van der Waals surface area contributed by atoms with Crippen molar-refractivity contribution in [2.24, 2.45) is 5.92 Å². The second kappa shape index (κ2) is 12.4. The molecule has 0 spiro atoms. The first-order valence-corrected chi connectivity index (χ1v) is 14.0. The van der Waals surface area contributed by atoms with E-state index in [-0.39, 0.29) is 16.9 Å². The number of rotatable bonds is 12. The minimum atomic E-state index is -3.86. The van der Waals surface area contributed by atoms with Crippen LogP contribution in [0, 0.1) is 12.8 Å². The van der Waals surface area contributed by atoms with Crippen molar-refractivity contribution >= 4 is 32.4 Å². The number of nitrogens with one attached hydrogen (secondary N) is 2. The average molecular weight is 532 g/mol. The van der Waals surface area contributed by atoms with Crippen LogP contribution in [0.3, 0.4) is 0 Å². The zero-order valence-electron chi connectivity index (χ0n) is 21.1. The Morgan fingerprint density at radius 1 is 1.06 bits per heavy atom. The number of anilines is 1. The minimum Gasteiger partial charge on any atom is -0.488 e. The summed E-state index contributed by atoms with van der Waals surface area (Å²) in [5.41, 5.74) is 2.53. The SMILES string of the molecule is COCC(C)Oc1ccc(-c2csc(NC(=O)C(CC(C)C)NS(=O)(=O)c3ccc(C)cc3)n2)cc1. The Kier molecular flexibility index (Phi) is 9.61. The lowest BCUT2D eigenvalue weighted by Gasteiger charge is -2.19. The molecule has 0 aliphatic rings. The third-order valence-corrected chi connectivity index (χ3v) is 7.52. The van der Waals surface area contributed by atoms with Gasteiger partial charge in [0.25, 0.3) is 0 Å². The molecule has 8 nitrogen and oxygen atoms in total. The van der Waals surface area contributed by atoms with E-state index in [1.807, 2.05) is 57.3 Å². The minimum absolute atomic E-state index is 0.0656. The van der Waals surface area contributed by atoms with E-state index in [0.29, 0.717) is 23.9 Å². The van der Waals surface area contributed by atoms with Crippen molar-refractivity contribution in [3.05, 3.63) is 59.5 Å². The van der Waals surface area contributed by atoms with Crippen LogP contribution in [0.1, 0.15) is 32.8 Å². The van der Waals surface area contributed by atoms with Gasteiger partial charge in [-0.3, -0.25) is 4.79 Å². The molecular weight excluding hydrogens is 498 g/mol. The van der Waals surface area contributed by atoms with E-state index in [0.717, 1.165) is 16.9 Å². The van der Waals surface area contributed by atoms with E-state index >= 15 is 0 Å². The van der Waals surface area contributed by atoms with E-state index in [1.165, 1.54) is 23.5 Å². The average Bonchev–Trinajstić information content (AvgIpc) is 3.27. The van der Waals surface area contributed by atoms with Gasteiger partial charge in [-0.1, -0.05) is 31.5 Å². The molecule has 3 rings (SSSR count). The third-order valence-electron chi connectivity index (χ3n) is 5.28. The van der Waals surface area contributed by atoms with Crippen LogP contribution < -0.4 is 14.8 Å². The highest BCUT2D eigenvalue weighted by molar-refractivity contribution is 7.89. The van der Waals surface area contributed by atoms with Crippen molar-refractivity contribution in [1.29, 1.82) is 0 Å². The number of nitrogens with zero attached hydrogens (tertiary/aromatic N) is 1. The van der Waals surface area contributed by atoms with Gasteiger partial charge in [-0.25, -0.2) is 13.4 Å². The molecule has 1 amide bonds. The Labute approximate surface area is 217 Å². The smallest absolute Gasteiger partial charge is 0.244 e. The van der Waals surface area contributed by atoms with Crippen LogP contribution in [0.5, 0.6) is 5.75 Å². The topological polar surface area (TPSA) is 107 Å². The Morgan fingerprint density at radius 3 is 2.33 bits per heavy atom. The monoisotopic (exact) mass is 531 g/mol. The number of benzene rings is 2. The van der Waals surface area contributed by atoms with Gasteiger partial charge in [0.15, 0.2) is 5.13 Å². The zero-order chi connectivity index (χ0) is 26.3. The number of aryl methyl sites for hydroxylation is 1. The van der Waals surface area contributed by atoms with E-state index in [4.69, 9.17) is 9.47 Å². The van der Waals surface area contributed by atoms with Gasteiger partial charge in [0.1, 0.15) is 17.9 Å². The number of hydrogen-bond acceptors (Lipinski definition) is 7. The highest BCUT2D eigenvalue weighted by Gasteiger charge is 2.27. The maximum atomic E-state index is 13.1. The molecule has 0 bridgehead atoms. The number of carbonyl (C=O) groups excluding carboxylic acids is 1. The van der Waals surface area contributed by atoms with Crippen LogP contribution in [-0.2, 0) is 19.6 Å². The molecule has 0 aliphatic carbocycles. The van der Waals surface area contributed by atoms with Gasteiger partial charge in [0.05, 0.1) is 17.2 Å². The molecule has 1 aromatic heterocycles. The molecule has 0 saturated carbocycles. The fourth-order valence-corrected chi connectivity index (χ4v) is 5.45. The molecule has 0 radical (unpaired) electrons. The summed E-state index contributed by atoms with van der Waals surface area (Å²) in [6.07, 6.45) is 0.280. The number of methoxy groups -OCH3 is 1. The number of sulfonamides is 1. The van der Waals surface area contributed by atoms with Crippen molar-refractivity contribution in [2.45, 2.75) is 51.2 Å². The summed E-state index contributed by atoms with van der Waals surface area (Å²) in [6.45, 7) is 8.18. The van der Waals surface area contributed by atoms with E-state index < -0.39 is 22.0 Å². The number of aromatic nitrogens is 1. The summed E-state index contributed by atoms with van der Waals surface area (Å²) >= 11 is 1.28. The van der Waals surface area contributed by atoms with Crippen molar-refractivity contribution < 1.29 is 22.7 Å². The van der Waals surface area contributed by atoms with Gasteiger partial charge in [-0.2, -0.15) is 4.72 Å². The standard InChI is InChI=1S/C26H33N3O5S2/c1-17(2)14-23(29-36(31,32)22-12-6-18(3)7-13-22)25(30)28-26-27-24(16-35-26)20-8-10-21(11-9-20)34-19(4)15-33-5/h6-13,16-17,19,23,29H,14-15H2,1-5H3,(H,27,28,30). The number of hydrogen-bond donors (Lipinski definition) is 2.